The van der Waals surface area contributed by atoms with Crippen molar-refractivity contribution in [3.63, 3.8) is 0 Å². The third-order valence-electron chi connectivity index (χ3n) is 4.40. The number of nitrogens with zero attached hydrogens (tertiary/aromatic N) is 3. The molecule has 0 saturated carbocycles. The molecular formula is C19H17ClN4O5S. The molecular weight excluding hydrogens is 432 g/mol. The van der Waals surface area contributed by atoms with Gasteiger partial charge in [-0.05, 0) is 18.2 Å². The van der Waals surface area contributed by atoms with Crippen LogP contribution < -0.4 is 14.4 Å². The van der Waals surface area contributed by atoms with E-state index in [0.29, 0.717) is 16.5 Å². The maximum absolute atomic E-state index is 12.6. The van der Waals surface area contributed by atoms with Gasteiger partial charge in [0.25, 0.3) is 5.91 Å². The van der Waals surface area contributed by atoms with Gasteiger partial charge < -0.3 is 14.6 Å². The first-order valence-corrected chi connectivity index (χ1v) is 11.1. The first-order chi connectivity index (χ1) is 14.3. The minimum Gasteiger partial charge on any atom is -0.476 e. The highest BCUT2D eigenvalue weighted by Crippen LogP contribution is 2.37. The average Bonchev–Trinajstić information content (AvgIpc) is 3.20. The van der Waals surface area contributed by atoms with Crippen LogP contribution in [-0.2, 0) is 21.4 Å². The smallest absolute Gasteiger partial charge is 0.263 e. The van der Waals surface area contributed by atoms with Crippen LogP contribution in [0.4, 0.5) is 5.69 Å². The second-order valence-electron chi connectivity index (χ2n) is 6.61. The summed E-state index contributed by atoms with van der Waals surface area (Å²) in [7, 11) is -3.64. The Morgan fingerprint density at radius 1 is 1.27 bits per heavy atom. The van der Waals surface area contributed by atoms with Gasteiger partial charge in [-0.15, -0.1) is 0 Å². The molecule has 11 heteroatoms. The van der Waals surface area contributed by atoms with Gasteiger partial charge in [0.2, 0.25) is 21.7 Å². The van der Waals surface area contributed by atoms with E-state index in [1.807, 2.05) is 30.3 Å². The van der Waals surface area contributed by atoms with Crippen molar-refractivity contribution in [2.24, 2.45) is 0 Å². The molecule has 2 heterocycles. The van der Waals surface area contributed by atoms with Crippen LogP contribution in [0.25, 0.3) is 11.4 Å². The van der Waals surface area contributed by atoms with E-state index in [4.69, 9.17) is 20.9 Å². The van der Waals surface area contributed by atoms with E-state index in [-0.39, 0.29) is 24.7 Å². The predicted octanol–water partition coefficient (Wildman–Crippen LogP) is 2.23. The number of ether oxygens (including phenoxy) is 1. The van der Waals surface area contributed by atoms with Crippen molar-refractivity contribution in [1.82, 2.24) is 15.5 Å². The fourth-order valence-electron chi connectivity index (χ4n) is 2.98. The van der Waals surface area contributed by atoms with Crippen molar-refractivity contribution >= 4 is 33.2 Å². The Morgan fingerprint density at radius 3 is 2.77 bits per heavy atom. The summed E-state index contributed by atoms with van der Waals surface area (Å²) in [6, 6.07) is 13.8. The summed E-state index contributed by atoms with van der Waals surface area (Å²) in [5, 5.41) is 6.89. The summed E-state index contributed by atoms with van der Waals surface area (Å²) in [5.74, 6) is 0.358. The summed E-state index contributed by atoms with van der Waals surface area (Å²) in [6.45, 7) is -0.206. The molecule has 0 fully saturated rings. The maximum Gasteiger partial charge on any atom is 0.263 e. The highest BCUT2D eigenvalue weighted by molar-refractivity contribution is 7.92. The number of sulfonamides is 1. The molecule has 1 aliphatic heterocycles. The largest absolute Gasteiger partial charge is 0.476 e. The van der Waals surface area contributed by atoms with Crippen LogP contribution in [0.2, 0.25) is 5.02 Å². The van der Waals surface area contributed by atoms with Gasteiger partial charge in [0.1, 0.15) is 5.75 Å². The number of rotatable bonds is 5. The molecule has 2 aromatic carbocycles. The molecule has 1 atom stereocenters. The number of hydrogen-bond acceptors (Lipinski definition) is 7. The second kappa shape index (κ2) is 7.96. The number of fused-ring (bicyclic) bond motifs is 1. The van der Waals surface area contributed by atoms with Crippen molar-refractivity contribution in [2.75, 3.05) is 17.1 Å². The maximum atomic E-state index is 12.6. The van der Waals surface area contributed by atoms with Crippen LogP contribution in [0, 0.1) is 0 Å². The molecule has 1 aliphatic rings. The number of benzene rings is 2. The normalized spacial score (nSPS) is 15.9. The Morgan fingerprint density at radius 2 is 2.03 bits per heavy atom. The Labute approximate surface area is 177 Å². The van der Waals surface area contributed by atoms with Crippen LogP contribution in [-0.4, -0.2) is 43.4 Å². The van der Waals surface area contributed by atoms with E-state index in [2.05, 4.69) is 15.5 Å². The molecule has 0 spiro atoms. The number of carbonyl (C=O) groups is 1. The van der Waals surface area contributed by atoms with Crippen molar-refractivity contribution in [1.29, 1.82) is 0 Å². The van der Waals surface area contributed by atoms with Gasteiger partial charge >= 0.3 is 0 Å². The first kappa shape index (κ1) is 20.2. The topological polar surface area (TPSA) is 115 Å². The molecule has 30 heavy (non-hydrogen) atoms. The van der Waals surface area contributed by atoms with E-state index >= 15 is 0 Å². The molecule has 0 radical (unpaired) electrons. The first-order valence-electron chi connectivity index (χ1n) is 8.91. The second-order valence-corrected chi connectivity index (χ2v) is 8.95. The molecule has 1 aromatic heterocycles. The van der Waals surface area contributed by atoms with E-state index in [1.54, 1.807) is 6.07 Å². The number of hydrogen-bond donors (Lipinski definition) is 1. The van der Waals surface area contributed by atoms with Crippen molar-refractivity contribution in [2.45, 2.75) is 12.6 Å². The zero-order valence-electron chi connectivity index (χ0n) is 15.8. The van der Waals surface area contributed by atoms with E-state index < -0.39 is 22.0 Å². The summed E-state index contributed by atoms with van der Waals surface area (Å²) >= 11 is 5.98. The molecule has 1 amide bonds. The SMILES string of the molecule is CS(=O)(=O)N1CC(C(=O)NCc2nc(-c3ccccc3)no2)Oc2ccc(Cl)cc21. The number of aromatic nitrogens is 2. The molecule has 9 nitrogen and oxygen atoms in total. The number of anilines is 1. The average molecular weight is 449 g/mol. The number of nitrogens with one attached hydrogen (secondary N) is 1. The standard InChI is InChI=1S/C19H17ClN4O5S/c1-30(26,27)24-11-16(28-15-8-7-13(20)9-14(15)24)19(25)21-10-17-22-18(23-29-17)12-5-3-2-4-6-12/h2-9,16H,10-11H2,1H3,(H,21,25). The lowest BCUT2D eigenvalue weighted by atomic mass is 10.2. The molecule has 0 saturated heterocycles. The Balaban J connectivity index is 1.46. The van der Waals surface area contributed by atoms with Gasteiger partial charge in [-0.1, -0.05) is 47.1 Å². The number of halogens is 1. The minimum atomic E-state index is -3.64. The highest BCUT2D eigenvalue weighted by Gasteiger charge is 2.35. The lowest BCUT2D eigenvalue weighted by Crippen LogP contribution is -2.50. The summed E-state index contributed by atoms with van der Waals surface area (Å²) in [4.78, 5) is 16.9. The number of carbonyl (C=O) groups excluding carboxylic acids is 1. The van der Waals surface area contributed by atoms with Crippen molar-refractivity contribution in [3.05, 3.63) is 59.4 Å². The Kier molecular flexibility index (Phi) is 5.35. The van der Waals surface area contributed by atoms with Crippen molar-refractivity contribution < 1.29 is 22.5 Å². The third-order valence-corrected chi connectivity index (χ3v) is 5.78. The monoisotopic (exact) mass is 448 g/mol. The summed E-state index contributed by atoms with van der Waals surface area (Å²) in [6.07, 6.45) is 0.00606. The van der Waals surface area contributed by atoms with Crippen molar-refractivity contribution in [3.8, 4) is 17.1 Å². The fourth-order valence-corrected chi connectivity index (χ4v) is 4.06. The molecule has 4 rings (SSSR count). The minimum absolute atomic E-state index is 0.0229. The summed E-state index contributed by atoms with van der Waals surface area (Å²) < 4.78 is 36.4. The van der Waals surface area contributed by atoms with E-state index in [9.17, 15) is 13.2 Å². The lowest BCUT2D eigenvalue weighted by Gasteiger charge is -2.33. The van der Waals surface area contributed by atoms with Gasteiger partial charge in [-0.2, -0.15) is 4.98 Å². The van der Waals surface area contributed by atoms with Crippen LogP contribution in [0.5, 0.6) is 5.75 Å². The van der Waals surface area contributed by atoms with Crippen LogP contribution >= 0.6 is 11.6 Å². The van der Waals surface area contributed by atoms with Gasteiger partial charge in [0.05, 0.1) is 25.0 Å². The zero-order chi connectivity index (χ0) is 21.3. The zero-order valence-corrected chi connectivity index (χ0v) is 17.4. The molecule has 3 aromatic rings. The highest BCUT2D eigenvalue weighted by atomic mass is 35.5. The lowest BCUT2D eigenvalue weighted by molar-refractivity contribution is -0.128. The molecule has 1 unspecified atom stereocenters. The van der Waals surface area contributed by atoms with Gasteiger partial charge in [-0.3, -0.25) is 9.10 Å². The van der Waals surface area contributed by atoms with Crippen LogP contribution in [0.3, 0.4) is 0 Å². The van der Waals surface area contributed by atoms with Crippen LogP contribution in [0.15, 0.2) is 53.1 Å². The van der Waals surface area contributed by atoms with E-state index in [0.717, 1.165) is 16.1 Å². The van der Waals surface area contributed by atoms with Gasteiger partial charge in [0.15, 0.2) is 6.10 Å². The Bertz CT molecular complexity index is 1180. The predicted molar refractivity (Wildman–Crippen MR) is 110 cm³/mol. The molecule has 156 valence electrons. The molecule has 0 aliphatic carbocycles. The van der Waals surface area contributed by atoms with Gasteiger partial charge in [-0.25, -0.2) is 8.42 Å². The third kappa shape index (κ3) is 4.24. The number of amides is 1. The quantitative estimate of drug-likeness (QED) is 0.636. The fraction of sp³-hybridized carbons (Fsp3) is 0.211. The van der Waals surface area contributed by atoms with Crippen LogP contribution in [0.1, 0.15) is 5.89 Å². The molecule has 1 N–H and O–H groups in total. The van der Waals surface area contributed by atoms with Gasteiger partial charge in [0, 0.05) is 10.6 Å². The molecule has 0 bridgehead atoms. The van der Waals surface area contributed by atoms with E-state index in [1.165, 1.54) is 12.1 Å². The Hall–Kier alpha value is -3.11. The summed E-state index contributed by atoms with van der Waals surface area (Å²) in [5.41, 5.74) is 1.08.